The number of benzene rings is 2. The van der Waals surface area contributed by atoms with Gasteiger partial charge >= 0.3 is 0 Å². The van der Waals surface area contributed by atoms with Crippen LogP contribution in [0.3, 0.4) is 0 Å². The van der Waals surface area contributed by atoms with E-state index in [2.05, 4.69) is 6.92 Å². The number of ketones is 1. The highest BCUT2D eigenvalue weighted by Gasteiger charge is 2.46. The van der Waals surface area contributed by atoms with E-state index >= 15 is 0 Å². The van der Waals surface area contributed by atoms with Crippen LogP contribution in [0.2, 0.25) is 10.0 Å². The quantitative estimate of drug-likeness (QED) is 0.201. The predicted molar refractivity (Wildman–Crippen MR) is 129 cm³/mol. The summed E-state index contributed by atoms with van der Waals surface area (Å²) in [6.45, 7) is 4.79. The third-order valence-corrected chi connectivity index (χ3v) is 5.99. The van der Waals surface area contributed by atoms with Gasteiger partial charge in [0.2, 0.25) is 0 Å². The number of amides is 1. The normalized spacial score (nSPS) is 17.5. The lowest BCUT2D eigenvalue weighted by Crippen LogP contribution is -2.30. The number of likely N-dealkylation sites (tertiary alicyclic amines) is 1. The molecule has 33 heavy (non-hydrogen) atoms. The first-order valence-corrected chi connectivity index (χ1v) is 11.6. The maximum atomic E-state index is 13.2. The Hall–Kier alpha value is -2.70. The lowest BCUT2D eigenvalue weighted by Gasteiger charge is -2.26. The summed E-state index contributed by atoms with van der Waals surface area (Å²) in [5, 5.41) is 11.8. The van der Waals surface area contributed by atoms with E-state index in [0.717, 1.165) is 19.3 Å². The molecule has 1 aliphatic rings. The molecule has 0 saturated carbocycles. The molecule has 0 radical (unpaired) electrons. The van der Waals surface area contributed by atoms with E-state index in [1.807, 2.05) is 6.92 Å². The summed E-state index contributed by atoms with van der Waals surface area (Å²) in [6.07, 6.45) is 2.61. The highest BCUT2D eigenvalue weighted by molar-refractivity contribution is 6.46. The zero-order chi connectivity index (χ0) is 24.1. The summed E-state index contributed by atoms with van der Waals surface area (Å²) in [7, 11) is 1.40. The van der Waals surface area contributed by atoms with Crippen LogP contribution in [0.5, 0.6) is 11.5 Å². The minimum atomic E-state index is -0.787. The Morgan fingerprint density at radius 2 is 1.88 bits per heavy atom. The zero-order valence-electron chi connectivity index (χ0n) is 18.9. The number of aliphatic hydroxyl groups is 1. The summed E-state index contributed by atoms with van der Waals surface area (Å²) in [5.74, 6) is -1.05. The van der Waals surface area contributed by atoms with Gasteiger partial charge in [-0.05, 0) is 43.2 Å². The molecule has 1 unspecified atom stereocenters. The van der Waals surface area contributed by atoms with Gasteiger partial charge in [-0.3, -0.25) is 9.59 Å². The van der Waals surface area contributed by atoms with Crippen molar-refractivity contribution in [2.24, 2.45) is 0 Å². The first-order chi connectivity index (χ1) is 15.8. The number of hydrogen-bond donors (Lipinski definition) is 1. The molecule has 8 heteroatoms. The van der Waals surface area contributed by atoms with Crippen molar-refractivity contribution in [3.05, 3.63) is 63.1 Å². The predicted octanol–water partition coefficient (Wildman–Crippen LogP) is 6.01. The van der Waals surface area contributed by atoms with Gasteiger partial charge in [-0.2, -0.15) is 0 Å². The van der Waals surface area contributed by atoms with Crippen LogP contribution in [-0.2, 0) is 9.59 Å². The Bertz CT molecular complexity index is 1080. The number of carbonyl (C=O) groups is 2. The molecule has 1 fully saturated rings. The number of nitrogens with zero attached hydrogens (tertiary/aromatic N) is 1. The van der Waals surface area contributed by atoms with Gasteiger partial charge in [-0.1, -0.05) is 55.1 Å². The van der Waals surface area contributed by atoms with Crippen LogP contribution in [0.25, 0.3) is 5.76 Å². The van der Waals surface area contributed by atoms with E-state index in [1.54, 1.807) is 24.3 Å². The van der Waals surface area contributed by atoms with E-state index in [1.165, 1.54) is 24.1 Å². The number of unbranched alkanes of at least 4 members (excludes halogenated alkanes) is 2. The Labute approximate surface area is 203 Å². The summed E-state index contributed by atoms with van der Waals surface area (Å²) in [4.78, 5) is 27.7. The van der Waals surface area contributed by atoms with Crippen LogP contribution in [0.1, 0.15) is 50.3 Å². The second kappa shape index (κ2) is 10.9. The molecule has 0 aromatic heterocycles. The lowest BCUT2D eigenvalue weighted by atomic mass is 9.94. The molecule has 2 aromatic carbocycles. The highest BCUT2D eigenvalue weighted by atomic mass is 35.5. The zero-order valence-corrected chi connectivity index (χ0v) is 20.4. The molecular weight excluding hydrogens is 465 g/mol. The Morgan fingerprint density at radius 1 is 1.12 bits per heavy atom. The molecule has 0 aliphatic carbocycles. The molecule has 1 aliphatic heterocycles. The smallest absolute Gasteiger partial charge is 0.295 e. The second-order valence-corrected chi connectivity index (χ2v) is 8.52. The van der Waals surface area contributed by atoms with Crippen LogP contribution in [0.15, 0.2) is 42.0 Å². The van der Waals surface area contributed by atoms with Crippen molar-refractivity contribution in [2.45, 2.75) is 39.2 Å². The number of aliphatic hydroxyl groups excluding tert-OH is 1. The SMILES string of the molecule is CCCCCN1C(=O)C(=O)/C(=C(/O)c2cc(Cl)cc(Cl)c2OC)C1c1cccc(OCC)c1. The van der Waals surface area contributed by atoms with Crippen LogP contribution < -0.4 is 9.47 Å². The third-order valence-electron chi connectivity index (χ3n) is 5.49. The summed E-state index contributed by atoms with van der Waals surface area (Å²) in [5.41, 5.74) is 0.764. The number of Topliss-reactive ketones (excluding diaryl/α,β-unsaturated/α-hetero) is 1. The van der Waals surface area contributed by atoms with Crippen molar-refractivity contribution in [2.75, 3.05) is 20.3 Å². The lowest BCUT2D eigenvalue weighted by molar-refractivity contribution is -0.139. The van der Waals surface area contributed by atoms with Crippen molar-refractivity contribution in [1.29, 1.82) is 0 Å². The van der Waals surface area contributed by atoms with Crippen LogP contribution in [0.4, 0.5) is 0 Å². The van der Waals surface area contributed by atoms with Gasteiger partial charge in [-0.15, -0.1) is 0 Å². The topological polar surface area (TPSA) is 76.1 Å². The summed E-state index contributed by atoms with van der Waals surface area (Å²) >= 11 is 12.4. The molecule has 0 bridgehead atoms. The van der Waals surface area contributed by atoms with E-state index in [9.17, 15) is 14.7 Å². The fraction of sp³-hybridized carbons (Fsp3) is 0.360. The number of hydrogen-bond acceptors (Lipinski definition) is 5. The fourth-order valence-corrected chi connectivity index (χ4v) is 4.59. The largest absolute Gasteiger partial charge is 0.507 e. The van der Waals surface area contributed by atoms with Crippen molar-refractivity contribution >= 4 is 40.7 Å². The van der Waals surface area contributed by atoms with Crippen molar-refractivity contribution < 1.29 is 24.2 Å². The molecule has 176 valence electrons. The van der Waals surface area contributed by atoms with Crippen molar-refractivity contribution in [1.82, 2.24) is 4.90 Å². The van der Waals surface area contributed by atoms with Gasteiger partial charge in [-0.25, -0.2) is 0 Å². The van der Waals surface area contributed by atoms with E-state index in [0.29, 0.717) is 24.5 Å². The maximum Gasteiger partial charge on any atom is 0.295 e. The Morgan fingerprint density at radius 3 is 2.55 bits per heavy atom. The average molecular weight is 492 g/mol. The van der Waals surface area contributed by atoms with Gasteiger partial charge in [0.1, 0.15) is 17.3 Å². The minimum absolute atomic E-state index is 0.0400. The number of carbonyl (C=O) groups excluding carboxylic acids is 2. The monoisotopic (exact) mass is 491 g/mol. The Kier molecular flexibility index (Phi) is 8.27. The van der Waals surface area contributed by atoms with Gasteiger partial charge < -0.3 is 19.5 Å². The minimum Gasteiger partial charge on any atom is -0.507 e. The average Bonchev–Trinajstić information content (AvgIpc) is 3.04. The van der Waals surface area contributed by atoms with Crippen LogP contribution >= 0.6 is 23.2 Å². The van der Waals surface area contributed by atoms with E-state index in [-0.39, 0.29) is 32.7 Å². The van der Waals surface area contributed by atoms with Crippen LogP contribution in [0, 0.1) is 0 Å². The number of methoxy groups -OCH3 is 1. The number of ether oxygens (including phenoxy) is 2. The van der Waals surface area contributed by atoms with E-state index < -0.39 is 17.7 Å². The second-order valence-electron chi connectivity index (χ2n) is 7.67. The molecule has 6 nitrogen and oxygen atoms in total. The number of halogens is 2. The van der Waals surface area contributed by atoms with Gasteiger partial charge in [0.15, 0.2) is 0 Å². The summed E-state index contributed by atoms with van der Waals surface area (Å²) < 4.78 is 11.0. The summed E-state index contributed by atoms with van der Waals surface area (Å²) in [6, 6.07) is 9.33. The molecule has 0 spiro atoms. The van der Waals surface area contributed by atoms with Crippen molar-refractivity contribution in [3.8, 4) is 11.5 Å². The molecule has 1 atom stereocenters. The molecular formula is C25H27Cl2NO5. The molecule has 1 heterocycles. The fourth-order valence-electron chi connectivity index (χ4n) is 4.02. The van der Waals surface area contributed by atoms with Gasteiger partial charge in [0, 0.05) is 11.6 Å². The third kappa shape index (κ3) is 5.12. The van der Waals surface area contributed by atoms with E-state index in [4.69, 9.17) is 32.7 Å². The maximum absolute atomic E-state index is 13.2. The first kappa shape index (κ1) is 24.9. The molecule has 1 amide bonds. The molecule has 1 saturated heterocycles. The van der Waals surface area contributed by atoms with Gasteiger partial charge in [0.05, 0.1) is 35.9 Å². The van der Waals surface area contributed by atoms with Crippen molar-refractivity contribution in [3.63, 3.8) is 0 Å². The highest BCUT2D eigenvalue weighted by Crippen LogP contribution is 2.43. The Balaban J connectivity index is 2.22. The first-order valence-electron chi connectivity index (χ1n) is 10.9. The molecule has 2 aromatic rings. The van der Waals surface area contributed by atoms with Crippen LogP contribution in [-0.4, -0.2) is 42.0 Å². The van der Waals surface area contributed by atoms with Gasteiger partial charge in [0.25, 0.3) is 11.7 Å². The standard InChI is InChI=1S/C25H27Cl2NO5/c1-4-6-7-11-28-21(15-9-8-10-17(12-15)33-5-2)20(23(30)25(28)31)22(29)18-13-16(26)14-19(27)24(18)32-3/h8-10,12-14,21,29H,4-7,11H2,1-3H3/b22-20+. The molecule has 1 N–H and O–H groups in total. The number of rotatable bonds is 9. The molecule has 3 rings (SSSR count).